The fraction of sp³-hybridized carbons (Fsp3) is 0.611. The maximum atomic E-state index is 14.5. The van der Waals surface area contributed by atoms with E-state index in [9.17, 15) is 9.59 Å². The van der Waals surface area contributed by atoms with Crippen LogP contribution in [0.25, 0.3) is 21.8 Å². The number of hydrogen-bond acceptors (Lipinski definition) is 5. The molecule has 0 N–H and O–H groups in total. The van der Waals surface area contributed by atoms with Crippen molar-refractivity contribution in [3.05, 3.63) is 66.4 Å². The zero-order valence-electron chi connectivity index (χ0n) is 27.3. The molecule has 0 aromatic carbocycles. The fourth-order valence-electron chi connectivity index (χ4n) is 6.63. The molecule has 1 unspecified atom stereocenters. The monoisotopic (exact) mass is 649 g/mol. The van der Waals surface area contributed by atoms with E-state index in [4.69, 9.17) is 5.53 Å². The van der Waals surface area contributed by atoms with Gasteiger partial charge in [-0.2, -0.15) is 0 Å². The van der Waals surface area contributed by atoms with Gasteiger partial charge in [0, 0.05) is 24.5 Å². The molecule has 9 heteroatoms. The lowest BCUT2D eigenvalue weighted by Crippen LogP contribution is -2.33. The Kier molecular flexibility index (Phi) is 14.7. The lowest BCUT2D eigenvalue weighted by Gasteiger charge is -2.28. The first-order chi connectivity index (χ1) is 22.1. The number of hydrogen-bond donors (Lipinski definition) is 0. The molecular weight excluding hydrogens is 599 g/mol. The number of carbonyl (C=O) groups excluding carboxylic acids is 2. The zero-order chi connectivity index (χ0) is 31.9. The molecule has 7 nitrogen and oxygen atoms in total. The molecule has 2 aliphatic heterocycles. The Morgan fingerprint density at radius 2 is 1.22 bits per heavy atom. The van der Waals surface area contributed by atoms with E-state index in [1.807, 2.05) is 38.8 Å². The first-order valence-corrected chi connectivity index (χ1v) is 19.1. The highest BCUT2D eigenvalue weighted by atomic mass is 32.1. The Morgan fingerprint density at radius 1 is 0.711 bits per heavy atom. The van der Waals surface area contributed by atoms with Gasteiger partial charge in [-0.15, -0.1) is 22.7 Å². The molecule has 244 valence electrons. The average molecular weight is 650 g/mol. The van der Waals surface area contributed by atoms with Crippen LogP contribution in [-0.4, -0.2) is 41.2 Å². The number of nitrogens with zero attached hydrogens (tertiary/aromatic N) is 5. The summed E-state index contributed by atoms with van der Waals surface area (Å²) in [5, 5.41) is 7.69. The highest BCUT2D eigenvalue weighted by molar-refractivity contribution is 7.11. The van der Waals surface area contributed by atoms with Crippen molar-refractivity contribution < 1.29 is 9.59 Å². The van der Waals surface area contributed by atoms with E-state index in [-0.39, 0.29) is 11.8 Å². The van der Waals surface area contributed by atoms with Gasteiger partial charge in [0.25, 0.3) is 11.8 Å². The predicted molar refractivity (Wildman–Crippen MR) is 189 cm³/mol. The number of rotatable bonds is 23. The van der Waals surface area contributed by atoms with Crippen LogP contribution in [0.4, 0.5) is 0 Å². The summed E-state index contributed by atoms with van der Waals surface area (Å²) in [5.74, 6) is 0.370. The van der Waals surface area contributed by atoms with Gasteiger partial charge < -0.3 is 9.80 Å². The minimum absolute atomic E-state index is 0.0106. The maximum absolute atomic E-state index is 14.5. The van der Waals surface area contributed by atoms with Crippen LogP contribution in [0.15, 0.2) is 51.3 Å². The molecule has 0 aliphatic carbocycles. The van der Waals surface area contributed by atoms with Gasteiger partial charge in [-0.25, -0.2) is 0 Å². The third kappa shape index (κ3) is 9.34. The van der Waals surface area contributed by atoms with Gasteiger partial charge >= 0.3 is 0 Å². The summed E-state index contributed by atoms with van der Waals surface area (Å²) in [4.78, 5) is 37.5. The van der Waals surface area contributed by atoms with Crippen molar-refractivity contribution in [2.24, 2.45) is 11.0 Å². The van der Waals surface area contributed by atoms with Crippen molar-refractivity contribution in [1.82, 2.24) is 9.80 Å². The molecule has 2 aliphatic rings. The molecule has 0 spiro atoms. The van der Waals surface area contributed by atoms with Gasteiger partial charge in [0.2, 0.25) is 0 Å². The number of azide groups is 1. The van der Waals surface area contributed by atoms with Crippen molar-refractivity contribution >= 4 is 45.9 Å². The largest absolute Gasteiger partial charge is 0.306 e. The first kappa shape index (κ1) is 35.0. The summed E-state index contributed by atoms with van der Waals surface area (Å²) >= 11 is 3.20. The van der Waals surface area contributed by atoms with Crippen LogP contribution in [0.5, 0.6) is 0 Å². The summed E-state index contributed by atoms with van der Waals surface area (Å²) in [6, 6.07) is 8.11. The SMILES string of the molecule is CCCCCCCCC(CCCCCC)CN1C(=O)C2=C(c3cccs3)N(CCCCCCN=[N+]=[N-])C(=O)C2=C1c1cccs1. The minimum Gasteiger partial charge on any atom is -0.306 e. The van der Waals surface area contributed by atoms with Crippen LogP contribution in [-0.2, 0) is 9.59 Å². The molecule has 0 saturated carbocycles. The second-order valence-corrected chi connectivity index (χ2v) is 14.3. The van der Waals surface area contributed by atoms with E-state index in [2.05, 4.69) is 29.9 Å². The lowest BCUT2D eigenvalue weighted by molar-refractivity contribution is -0.124. The lowest BCUT2D eigenvalue weighted by atomic mass is 9.93. The molecule has 0 radical (unpaired) electrons. The summed E-state index contributed by atoms with van der Waals surface area (Å²) in [5.41, 5.74) is 11.3. The predicted octanol–water partition coefficient (Wildman–Crippen LogP) is 10.8. The number of thiophene rings is 2. The van der Waals surface area contributed by atoms with Crippen LogP contribution >= 0.6 is 22.7 Å². The first-order valence-electron chi connectivity index (χ1n) is 17.3. The van der Waals surface area contributed by atoms with E-state index in [1.165, 1.54) is 64.2 Å². The summed E-state index contributed by atoms with van der Waals surface area (Å²) in [6.07, 6.45) is 18.4. The van der Waals surface area contributed by atoms with Crippen LogP contribution in [0.3, 0.4) is 0 Å². The average Bonchev–Trinajstić information content (AvgIpc) is 3.85. The number of unbranched alkanes of at least 4 members (excludes halogenated alkanes) is 11. The Balaban J connectivity index is 1.59. The van der Waals surface area contributed by atoms with E-state index in [0.29, 0.717) is 36.7 Å². The van der Waals surface area contributed by atoms with E-state index < -0.39 is 0 Å². The highest BCUT2D eigenvalue weighted by Gasteiger charge is 2.49. The Morgan fingerprint density at radius 3 is 1.80 bits per heavy atom. The molecular formula is C36H51N5O2S2. The molecule has 0 fully saturated rings. The molecule has 1 atom stereocenters. The molecule has 0 saturated heterocycles. The van der Waals surface area contributed by atoms with Gasteiger partial charge in [0.1, 0.15) is 0 Å². The smallest absolute Gasteiger partial charge is 0.261 e. The van der Waals surface area contributed by atoms with Crippen LogP contribution in [0.1, 0.15) is 126 Å². The molecule has 4 rings (SSSR count). The van der Waals surface area contributed by atoms with E-state index in [1.54, 1.807) is 22.7 Å². The highest BCUT2D eigenvalue weighted by Crippen LogP contribution is 2.48. The Labute approximate surface area is 278 Å². The normalized spacial score (nSPS) is 15.4. The van der Waals surface area contributed by atoms with E-state index in [0.717, 1.165) is 59.7 Å². The van der Waals surface area contributed by atoms with Gasteiger partial charge in [-0.3, -0.25) is 9.59 Å². The van der Waals surface area contributed by atoms with Crippen molar-refractivity contribution in [2.75, 3.05) is 19.6 Å². The van der Waals surface area contributed by atoms with Crippen molar-refractivity contribution in [3.63, 3.8) is 0 Å². The quantitative estimate of drug-likeness (QED) is 0.0519. The Bertz CT molecular complexity index is 1330. The molecule has 45 heavy (non-hydrogen) atoms. The standard InChI is InChI=1S/C36H51N5O2S2/c1-3-5-7-9-10-14-20-28(19-13-8-6-4-2)27-41-34(30-22-18-26-45-30)32-31(36(41)43)33(29-21-17-25-44-29)40(35(32)42)24-16-12-11-15-23-38-39-37/h17-18,21-22,25-26,28H,3-16,19-20,23-24,27H2,1-2H3. The second-order valence-electron chi connectivity index (χ2n) is 12.4. The van der Waals surface area contributed by atoms with Gasteiger partial charge in [-0.1, -0.05) is 108 Å². The van der Waals surface area contributed by atoms with Crippen molar-refractivity contribution in [1.29, 1.82) is 0 Å². The van der Waals surface area contributed by atoms with Crippen molar-refractivity contribution in [2.45, 2.75) is 117 Å². The number of amides is 2. The molecule has 4 heterocycles. The molecule has 2 amide bonds. The third-order valence-corrected chi connectivity index (χ3v) is 10.8. The summed E-state index contributed by atoms with van der Waals surface area (Å²) < 4.78 is 0. The third-order valence-electron chi connectivity index (χ3n) is 9.02. The maximum Gasteiger partial charge on any atom is 0.261 e. The molecule has 0 bridgehead atoms. The Hall–Kier alpha value is -2.87. The molecule has 2 aromatic heterocycles. The second kappa shape index (κ2) is 18.9. The fourth-order valence-corrected chi connectivity index (χ4v) is 8.20. The van der Waals surface area contributed by atoms with E-state index >= 15 is 0 Å². The van der Waals surface area contributed by atoms with Crippen LogP contribution in [0.2, 0.25) is 0 Å². The minimum atomic E-state index is -0.0443. The topological polar surface area (TPSA) is 89.4 Å². The number of carbonyl (C=O) groups is 2. The van der Waals surface area contributed by atoms with Gasteiger partial charge in [0.15, 0.2) is 0 Å². The zero-order valence-corrected chi connectivity index (χ0v) is 29.0. The van der Waals surface area contributed by atoms with Gasteiger partial charge in [-0.05, 0) is 60.0 Å². The molecule has 2 aromatic rings. The number of fused-ring (bicyclic) bond motifs is 1. The summed E-state index contributed by atoms with van der Waals surface area (Å²) in [6.45, 7) is 6.26. The van der Waals surface area contributed by atoms with Crippen LogP contribution < -0.4 is 0 Å². The summed E-state index contributed by atoms with van der Waals surface area (Å²) in [7, 11) is 0. The van der Waals surface area contributed by atoms with Crippen LogP contribution in [0, 0.1) is 5.92 Å². The van der Waals surface area contributed by atoms with Gasteiger partial charge in [0.05, 0.1) is 32.3 Å². The van der Waals surface area contributed by atoms with Crippen molar-refractivity contribution in [3.8, 4) is 0 Å².